The maximum absolute atomic E-state index is 14.1. The fourth-order valence-electron chi connectivity index (χ4n) is 4.32. The lowest BCUT2D eigenvalue weighted by Gasteiger charge is -2.26. The zero-order chi connectivity index (χ0) is 27.6. The molecule has 198 valence electrons. The van der Waals surface area contributed by atoms with E-state index in [0.29, 0.717) is 5.56 Å². The molecule has 2 heterocycles. The van der Waals surface area contributed by atoms with E-state index in [0.717, 1.165) is 22.2 Å². The van der Waals surface area contributed by atoms with Crippen LogP contribution < -0.4 is 5.32 Å². The third-order valence-electron chi connectivity index (χ3n) is 6.34. The molecule has 38 heavy (non-hydrogen) atoms. The second kappa shape index (κ2) is 11.2. The first kappa shape index (κ1) is 27.1. The fraction of sp³-hybridized carbons (Fsp3) is 0.286. The number of carbonyl (C=O) groups is 3. The number of benzene rings is 2. The highest BCUT2D eigenvalue weighted by atomic mass is 35.5. The number of nitrogens with zero attached hydrogens (tertiary/aromatic N) is 4. The number of halogens is 2. The molecule has 0 saturated carbocycles. The summed E-state index contributed by atoms with van der Waals surface area (Å²) in [6, 6.07) is 11.9. The largest absolute Gasteiger partial charge is 0.350 e. The van der Waals surface area contributed by atoms with E-state index >= 15 is 0 Å². The molecule has 0 radical (unpaired) electrons. The van der Waals surface area contributed by atoms with Crippen molar-refractivity contribution in [2.45, 2.75) is 39.9 Å². The minimum Gasteiger partial charge on any atom is -0.350 e. The summed E-state index contributed by atoms with van der Waals surface area (Å²) >= 11 is 5.81. The Hall–Kier alpha value is -3.98. The van der Waals surface area contributed by atoms with Gasteiger partial charge >= 0.3 is 0 Å². The van der Waals surface area contributed by atoms with Gasteiger partial charge in [0.05, 0.1) is 17.3 Å². The standard InChI is InChI=1S/C28H29ClFN5O3/c1-17(2)35(15-26(37)31-13-20-6-5-7-23(29)28(20)30)27(38)16-34-14-22(18(3)36)21-12-19(8-9-25(21)34)24-10-11-33(4)32-24/h5-12,14,17H,13,15-16H2,1-4H3,(H,31,37). The van der Waals surface area contributed by atoms with Gasteiger partial charge in [0.2, 0.25) is 11.8 Å². The smallest absolute Gasteiger partial charge is 0.243 e. The van der Waals surface area contributed by atoms with Crippen molar-refractivity contribution in [1.29, 1.82) is 0 Å². The first-order chi connectivity index (χ1) is 18.0. The molecule has 0 bridgehead atoms. The number of carbonyl (C=O) groups excluding carboxylic acids is 3. The Morgan fingerprint density at radius 1 is 1.16 bits per heavy atom. The molecule has 4 aromatic rings. The van der Waals surface area contributed by atoms with Gasteiger partial charge < -0.3 is 14.8 Å². The molecule has 10 heteroatoms. The van der Waals surface area contributed by atoms with Crippen LogP contribution in [0.3, 0.4) is 0 Å². The quantitative estimate of drug-likeness (QED) is 0.316. The first-order valence-electron chi connectivity index (χ1n) is 12.2. The van der Waals surface area contributed by atoms with Crippen LogP contribution >= 0.6 is 11.6 Å². The number of aromatic nitrogens is 3. The molecule has 0 fully saturated rings. The van der Waals surface area contributed by atoms with Crippen LogP contribution in [0.15, 0.2) is 54.9 Å². The van der Waals surface area contributed by atoms with Crippen LogP contribution in [0.25, 0.3) is 22.2 Å². The minimum atomic E-state index is -0.585. The average molecular weight is 538 g/mol. The molecule has 0 unspecified atom stereocenters. The van der Waals surface area contributed by atoms with Gasteiger partial charge in [0, 0.05) is 59.6 Å². The summed E-state index contributed by atoms with van der Waals surface area (Å²) in [5.41, 5.74) is 3.13. The van der Waals surface area contributed by atoms with Crippen LogP contribution in [-0.4, -0.2) is 49.4 Å². The number of ketones is 1. The Balaban J connectivity index is 1.52. The van der Waals surface area contributed by atoms with Crippen molar-refractivity contribution in [2.75, 3.05) is 6.54 Å². The molecule has 1 N–H and O–H groups in total. The summed E-state index contributed by atoms with van der Waals surface area (Å²) in [6.07, 6.45) is 3.52. The van der Waals surface area contributed by atoms with Gasteiger partial charge in [-0.15, -0.1) is 0 Å². The molecular formula is C28H29ClFN5O3. The average Bonchev–Trinajstić information content (AvgIpc) is 3.46. The number of rotatable bonds is 9. The number of Topliss-reactive ketones (excluding diaryl/α,β-unsaturated/α-hetero) is 1. The van der Waals surface area contributed by atoms with Crippen LogP contribution in [0.5, 0.6) is 0 Å². The maximum atomic E-state index is 14.1. The van der Waals surface area contributed by atoms with Crippen molar-refractivity contribution in [2.24, 2.45) is 7.05 Å². The van der Waals surface area contributed by atoms with Crippen molar-refractivity contribution in [1.82, 2.24) is 24.6 Å². The maximum Gasteiger partial charge on any atom is 0.243 e. The summed E-state index contributed by atoms with van der Waals surface area (Å²) in [5.74, 6) is -1.41. The van der Waals surface area contributed by atoms with E-state index in [9.17, 15) is 18.8 Å². The van der Waals surface area contributed by atoms with Crippen molar-refractivity contribution < 1.29 is 18.8 Å². The van der Waals surface area contributed by atoms with Gasteiger partial charge in [-0.3, -0.25) is 19.1 Å². The lowest BCUT2D eigenvalue weighted by atomic mass is 10.1. The van der Waals surface area contributed by atoms with Gasteiger partial charge in [-0.05, 0) is 45.0 Å². The van der Waals surface area contributed by atoms with Crippen molar-refractivity contribution in [3.8, 4) is 11.3 Å². The summed E-state index contributed by atoms with van der Waals surface area (Å²) in [4.78, 5) is 39.8. The lowest BCUT2D eigenvalue weighted by molar-refractivity contribution is -0.138. The summed E-state index contributed by atoms with van der Waals surface area (Å²) in [7, 11) is 1.83. The van der Waals surface area contributed by atoms with Crippen LogP contribution in [0.1, 0.15) is 36.7 Å². The Bertz CT molecular complexity index is 1520. The third kappa shape index (κ3) is 5.78. The highest BCUT2D eigenvalue weighted by molar-refractivity contribution is 6.30. The zero-order valence-electron chi connectivity index (χ0n) is 21.7. The molecule has 0 aliphatic rings. The van der Waals surface area contributed by atoms with Crippen molar-refractivity contribution in [3.63, 3.8) is 0 Å². The van der Waals surface area contributed by atoms with Crippen LogP contribution in [-0.2, 0) is 29.7 Å². The number of nitrogens with one attached hydrogen (secondary N) is 1. The number of hydrogen-bond acceptors (Lipinski definition) is 4. The molecule has 8 nitrogen and oxygen atoms in total. The second-order valence-corrected chi connectivity index (χ2v) is 9.85. The predicted octanol–water partition coefficient (Wildman–Crippen LogP) is 4.59. The van der Waals surface area contributed by atoms with E-state index in [-0.39, 0.29) is 48.0 Å². The predicted molar refractivity (Wildman–Crippen MR) is 144 cm³/mol. The molecular weight excluding hydrogens is 509 g/mol. The van der Waals surface area contributed by atoms with Gasteiger partial charge in [-0.25, -0.2) is 4.39 Å². The van der Waals surface area contributed by atoms with Crippen molar-refractivity contribution >= 4 is 40.1 Å². The van der Waals surface area contributed by atoms with Crippen molar-refractivity contribution in [3.05, 3.63) is 76.8 Å². The topological polar surface area (TPSA) is 89.2 Å². The Morgan fingerprint density at radius 2 is 1.92 bits per heavy atom. The van der Waals surface area contributed by atoms with Crippen LogP contribution in [0.2, 0.25) is 5.02 Å². The molecule has 0 aliphatic heterocycles. The summed E-state index contributed by atoms with van der Waals surface area (Å²) in [6.45, 7) is 4.82. The Morgan fingerprint density at radius 3 is 2.58 bits per heavy atom. The van der Waals surface area contributed by atoms with Crippen LogP contribution in [0, 0.1) is 5.82 Å². The van der Waals surface area contributed by atoms with Gasteiger partial charge in [0.15, 0.2) is 5.78 Å². The normalized spacial score (nSPS) is 11.2. The van der Waals surface area contributed by atoms with Gasteiger partial charge in [0.1, 0.15) is 12.4 Å². The summed E-state index contributed by atoms with van der Waals surface area (Å²) in [5, 5.41) is 7.79. The second-order valence-electron chi connectivity index (χ2n) is 9.44. The molecule has 0 spiro atoms. The SMILES string of the molecule is CC(=O)c1cn(CC(=O)N(CC(=O)NCc2cccc(Cl)c2F)C(C)C)c2ccc(-c3ccn(C)n3)cc12. The number of fused-ring (bicyclic) bond motifs is 1. The Kier molecular flexibility index (Phi) is 7.97. The van der Waals surface area contributed by atoms with E-state index in [2.05, 4.69) is 10.4 Å². The molecule has 0 saturated heterocycles. The van der Waals surface area contributed by atoms with E-state index < -0.39 is 11.7 Å². The third-order valence-corrected chi connectivity index (χ3v) is 6.63. The fourth-order valence-corrected chi connectivity index (χ4v) is 4.52. The summed E-state index contributed by atoms with van der Waals surface area (Å²) < 4.78 is 17.6. The molecule has 2 aromatic heterocycles. The number of amides is 2. The number of aryl methyl sites for hydroxylation is 1. The molecule has 2 amide bonds. The van der Waals surface area contributed by atoms with E-state index in [1.165, 1.54) is 24.0 Å². The van der Waals surface area contributed by atoms with Crippen LogP contribution in [0.4, 0.5) is 4.39 Å². The van der Waals surface area contributed by atoms with Gasteiger partial charge in [-0.1, -0.05) is 29.8 Å². The zero-order valence-corrected chi connectivity index (χ0v) is 22.4. The van der Waals surface area contributed by atoms with E-state index in [1.54, 1.807) is 21.5 Å². The highest BCUT2D eigenvalue weighted by Crippen LogP contribution is 2.28. The van der Waals surface area contributed by atoms with Gasteiger partial charge in [0.25, 0.3) is 0 Å². The molecule has 0 aliphatic carbocycles. The minimum absolute atomic E-state index is 0.0215. The molecule has 0 atom stereocenters. The first-order valence-corrected chi connectivity index (χ1v) is 12.6. The Labute approximate surface area is 225 Å². The molecule has 4 rings (SSSR count). The van der Waals surface area contributed by atoms with Gasteiger partial charge in [-0.2, -0.15) is 5.10 Å². The van der Waals surface area contributed by atoms with E-state index in [4.69, 9.17) is 11.6 Å². The molecule has 2 aromatic carbocycles. The van der Waals surface area contributed by atoms with E-state index in [1.807, 2.05) is 51.4 Å². The number of hydrogen-bond donors (Lipinski definition) is 1. The highest BCUT2D eigenvalue weighted by Gasteiger charge is 2.23. The lowest BCUT2D eigenvalue weighted by Crippen LogP contribution is -2.45. The monoisotopic (exact) mass is 537 g/mol.